The molecular formula is C15H22N2O4S. The zero-order valence-electron chi connectivity index (χ0n) is 13.0. The molecule has 1 aliphatic rings. The van der Waals surface area contributed by atoms with Gasteiger partial charge in [0.05, 0.1) is 30.8 Å². The highest BCUT2D eigenvalue weighted by Gasteiger charge is 2.17. The minimum atomic E-state index is -0.170. The molecule has 1 fully saturated rings. The molecule has 1 aromatic rings. The third-order valence-electron chi connectivity index (χ3n) is 3.39. The number of aryl methyl sites for hydroxylation is 1. The van der Waals surface area contributed by atoms with Gasteiger partial charge in [-0.15, -0.1) is 11.8 Å². The molecule has 0 aromatic carbocycles. The molecule has 1 saturated heterocycles. The number of thioether (sulfide) groups is 1. The van der Waals surface area contributed by atoms with Crippen molar-refractivity contribution in [2.24, 2.45) is 0 Å². The fourth-order valence-corrected chi connectivity index (χ4v) is 2.90. The number of hydrogen-bond acceptors (Lipinski definition) is 5. The van der Waals surface area contributed by atoms with E-state index < -0.39 is 0 Å². The highest BCUT2D eigenvalue weighted by atomic mass is 32.2. The molecule has 122 valence electrons. The number of carbonyl (C=O) groups excluding carboxylic acids is 2. The van der Waals surface area contributed by atoms with Gasteiger partial charge in [0.25, 0.3) is 0 Å². The molecule has 0 bridgehead atoms. The van der Waals surface area contributed by atoms with E-state index in [1.165, 1.54) is 11.8 Å². The summed E-state index contributed by atoms with van der Waals surface area (Å²) in [5.74, 6) is 2.11. The number of morpholine rings is 1. The van der Waals surface area contributed by atoms with Crippen LogP contribution in [0.4, 0.5) is 0 Å². The van der Waals surface area contributed by atoms with Crippen molar-refractivity contribution in [2.45, 2.75) is 19.9 Å². The van der Waals surface area contributed by atoms with Gasteiger partial charge in [-0.05, 0) is 26.0 Å². The number of amides is 2. The van der Waals surface area contributed by atoms with Gasteiger partial charge in [0, 0.05) is 13.1 Å². The van der Waals surface area contributed by atoms with Gasteiger partial charge in [0.15, 0.2) is 0 Å². The summed E-state index contributed by atoms with van der Waals surface area (Å²) >= 11 is 1.33. The SMILES string of the molecule is Cc1ccc(C(C)NC(=O)CSCC(=O)N2CCOCC2)o1. The Morgan fingerprint density at radius 2 is 2.05 bits per heavy atom. The van der Waals surface area contributed by atoms with E-state index in [0.717, 1.165) is 11.5 Å². The van der Waals surface area contributed by atoms with Crippen LogP contribution in [0.1, 0.15) is 24.5 Å². The first kappa shape index (κ1) is 16.9. The number of furan rings is 1. The third kappa shape index (κ3) is 5.06. The Morgan fingerprint density at radius 3 is 2.68 bits per heavy atom. The molecule has 0 aliphatic carbocycles. The first-order chi connectivity index (χ1) is 10.6. The van der Waals surface area contributed by atoms with Crippen molar-refractivity contribution in [1.82, 2.24) is 10.2 Å². The first-order valence-corrected chi connectivity index (χ1v) is 8.50. The maximum Gasteiger partial charge on any atom is 0.232 e. The van der Waals surface area contributed by atoms with Crippen molar-refractivity contribution in [1.29, 1.82) is 0 Å². The first-order valence-electron chi connectivity index (χ1n) is 7.35. The van der Waals surface area contributed by atoms with Gasteiger partial charge in [-0.1, -0.05) is 0 Å². The second-order valence-corrected chi connectivity index (χ2v) is 6.21. The minimum absolute atomic E-state index is 0.0656. The number of hydrogen-bond donors (Lipinski definition) is 1. The Kier molecular flexibility index (Phi) is 6.33. The smallest absolute Gasteiger partial charge is 0.232 e. The second kappa shape index (κ2) is 8.24. The molecule has 2 amide bonds. The number of rotatable bonds is 6. The Bertz CT molecular complexity index is 511. The normalized spacial score (nSPS) is 16.4. The van der Waals surface area contributed by atoms with E-state index in [4.69, 9.17) is 9.15 Å². The van der Waals surface area contributed by atoms with Crippen LogP contribution in [0.3, 0.4) is 0 Å². The summed E-state index contributed by atoms with van der Waals surface area (Å²) < 4.78 is 10.7. The molecule has 2 rings (SSSR count). The van der Waals surface area contributed by atoms with Crippen molar-refractivity contribution < 1.29 is 18.7 Å². The van der Waals surface area contributed by atoms with Gasteiger partial charge >= 0.3 is 0 Å². The predicted octanol–water partition coefficient (Wildman–Crippen LogP) is 1.36. The summed E-state index contributed by atoms with van der Waals surface area (Å²) in [6.07, 6.45) is 0. The lowest BCUT2D eigenvalue weighted by Crippen LogP contribution is -2.41. The molecule has 22 heavy (non-hydrogen) atoms. The standard InChI is InChI=1S/C15H22N2O4S/c1-11-3-4-13(21-11)12(2)16-14(18)9-22-10-15(19)17-5-7-20-8-6-17/h3-4,12H,5-10H2,1-2H3,(H,16,18). The molecule has 1 N–H and O–H groups in total. The van der Waals surface area contributed by atoms with E-state index in [1.54, 1.807) is 4.90 Å². The van der Waals surface area contributed by atoms with Crippen molar-refractivity contribution in [3.63, 3.8) is 0 Å². The average Bonchev–Trinajstić information content (AvgIpc) is 2.94. The van der Waals surface area contributed by atoms with Gasteiger partial charge < -0.3 is 19.4 Å². The zero-order chi connectivity index (χ0) is 15.9. The lowest BCUT2D eigenvalue weighted by atomic mass is 10.2. The highest BCUT2D eigenvalue weighted by molar-refractivity contribution is 8.00. The number of ether oxygens (including phenoxy) is 1. The van der Waals surface area contributed by atoms with E-state index in [0.29, 0.717) is 32.1 Å². The predicted molar refractivity (Wildman–Crippen MR) is 84.7 cm³/mol. The summed E-state index contributed by atoms with van der Waals surface area (Å²) in [5.41, 5.74) is 0. The van der Waals surface area contributed by atoms with E-state index in [2.05, 4.69) is 5.32 Å². The summed E-state index contributed by atoms with van der Waals surface area (Å²) in [4.78, 5) is 25.6. The molecule has 7 heteroatoms. The summed E-state index contributed by atoms with van der Waals surface area (Å²) in [6, 6.07) is 3.56. The summed E-state index contributed by atoms with van der Waals surface area (Å²) in [5, 5.41) is 2.86. The number of carbonyl (C=O) groups is 2. The van der Waals surface area contributed by atoms with Gasteiger partial charge in [0.1, 0.15) is 11.5 Å². The molecule has 2 heterocycles. The topological polar surface area (TPSA) is 71.8 Å². The van der Waals surface area contributed by atoms with E-state index in [1.807, 2.05) is 26.0 Å². The van der Waals surface area contributed by atoms with Crippen LogP contribution in [0.2, 0.25) is 0 Å². The quantitative estimate of drug-likeness (QED) is 0.854. The van der Waals surface area contributed by atoms with Gasteiger partial charge in [-0.3, -0.25) is 9.59 Å². The Balaban J connectivity index is 1.66. The largest absolute Gasteiger partial charge is 0.464 e. The number of nitrogens with one attached hydrogen (secondary N) is 1. The van der Waals surface area contributed by atoms with Crippen LogP contribution in [-0.4, -0.2) is 54.5 Å². The van der Waals surface area contributed by atoms with Crippen LogP contribution in [0, 0.1) is 6.92 Å². The Labute approximate surface area is 134 Å². The lowest BCUT2D eigenvalue weighted by molar-refractivity contribution is -0.132. The van der Waals surface area contributed by atoms with Crippen LogP contribution in [0.5, 0.6) is 0 Å². The van der Waals surface area contributed by atoms with Crippen LogP contribution in [-0.2, 0) is 14.3 Å². The average molecular weight is 326 g/mol. The van der Waals surface area contributed by atoms with Crippen LogP contribution in [0.15, 0.2) is 16.5 Å². The third-order valence-corrected chi connectivity index (χ3v) is 4.31. The summed E-state index contributed by atoms with van der Waals surface area (Å²) in [6.45, 7) is 6.21. The van der Waals surface area contributed by atoms with Crippen LogP contribution in [0.25, 0.3) is 0 Å². The zero-order valence-corrected chi connectivity index (χ0v) is 13.8. The molecular weight excluding hydrogens is 304 g/mol. The van der Waals surface area contributed by atoms with Crippen LogP contribution < -0.4 is 5.32 Å². The second-order valence-electron chi connectivity index (χ2n) is 5.22. The summed E-state index contributed by atoms with van der Waals surface area (Å²) in [7, 11) is 0. The van der Waals surface area contributed by atoms with E-state index in [9.17, 15) is 9.59 Å². The molecule has 0 radical (unpaired) electrons. The highest BCUT2D eigenvalue weighted by Crippen LogP contribution is 2.15. The van der Waals surface area contributed by atoms with Crippen molar-refractivity contribution in [3.05, 3.63) is 23.7 Å². The fraction of sp³-hybridized carbons (Fsp3) is 0.600. The van der Waals surface area contributed by atoms with Gasteiger partial charge in [-0.25, -0.2) is 0 Å². The Hall–Kier alpha value is -1.47. The van der Waals surface area contributed by atoms with Crippen molar-refractivity contribution in [3.8, 4) is 0 Å². The molecule has 6 nitrogen and oxygen atoms in total. The van der Waals surface area contributed by atoms with Gasteiger partial charge in [-0.2, -0.15) is 0 Å². The maximum atomic E-state index is 11.9. The van der Waals surface area contributed by atoms with E-state index in [-0.39, 0.29) is 23.6 Å². The molecule has 1 aromatic heterocycles. The number of nitrogens with zero attached hydrogens (tertiary/aromatic N) is 1. The molecule has 0 saturated carbocycles. The van der Waals surface area contributed by atoms with Gasteiger partial charge in [0.2, 0.25) is 11.8 Å². The Morgan fingerprint density at radius 1 is 1.32 bits per heavy atom. The van der Waals surface area contributed by atoms with Crippen molar-refractivity contribution in [2.75, 3.05) is 37.8 Å². The maximum absolute atomic E-state index is 11.9. The minimum Gasteiger partial charge on any atom is -0.464 e. The van der Waals surface area contributed by atoms with Crippen LogP contribution >= 0.6 is 11.8 Å². The molecule has 0 spiro atoms. The van der Waals surface area contributed by atoms with E-state index >= 15 is 0 Å². The molecule has 1 unspecified atom stereocenters. The molecule has 1 atom stereocenters. The fourth-order valence-electron chi connectivity index (χ4n) is 2.18. The molecule has 1 aliphatic heterocycles. The lowest BCUT2D eigenvalue weighted by Gasteiger charge is -2.26. The monoisotopic (exact) mass is 326 g/mol. The van der Waals surface area contributed by atoms with Crippen molar-refractivity contribution >= 4 is 23.6 Å².